The van der Waals surface area contributed by atoms with E-state index in [0.717, 1.165) is 61.8 Å². The van der Waals surface area contributed by atoms with Crippen LogP contribution in [0.2, 0.25) is 0 Å². The molecule has 214 valence electrons. The van der Waals surface area contributed by atoms with Crippen molar-refractivity contribution in [3.8, 4) is 0 Å². The van der Waals surface area contributed by atoms with Gasteiger partial charge in [-0.3, -0.25) is 9.59 Å². The molecule has 1 aromatic rings. The Morgan fingerprint density at radius 1 is 1.02 bits per heavy atom. The topological polar surface area (TPSA) is 98.9 Å². The number of nitrogens with two attached hydrogens (primary N) is 1. The first-order valence-electron chi connectivity index (χ1n) is 14.9. The Labute approximate surface area is 237 Å². The summed E-state index contributed by atoms with van der Waals surface area (Å²) in [5.74, 6) is -0.855. The van der Waals surface area contributed by atoms with E-state index in [2.05, 4.69) is 19.9 Å². The first-order valence-corrected chi connectivity index (χ1v) is 14.9. The fourth-order valence-electron chi connectivity index (χ4n) is 8.65. The molecule has 0 saturated heterocycles. The third-order valence-electron chi connectivity index (χ3n) is 9.96. The van der Waals surface area contributed by atoms with Crippen LogP contribution >= 0.6 is 0 Å². The SMILES string of the molecule is CCOC(=O)C1=C(N)OC2=C(C(=O)CC(C)(C)C2)[C@@]12C(=O)N1c3c(cc(C)cc32)C(C)(C)CC12CCCCCC2. The number of amides is 1. The molecular weight excluding hydrogens is 504 g/mol. The van der Waals surface area contributed by atoms with Gasteiger partial charge < -0.3 is 20.1 Å². The zero-order valence-electron chi connectivity index (χ0n) is 24.8. The molecule has 6 rings (SSSR count). The molecule has 2 N–H and O–H groups in total. The van der Waals surface area contributed by atoms with E-state index in [0.29, 0.717) is 17.7 Å². The molecule has 3 aliphatic heterocycles. The van der Waals surface area contributed by atoms with E-state index in [1.165, 1.54) is 0 Å². The molecule has 1 aromatic carbocycles. The lowest BCUT2D eigenvalue weighted by atomic mass is 9.61. The van der Waals surface area contributed by atoms with E-state index in [-0.39, 0.29) is 52.6 Å². The first-order chi connectivity index (χ1) is 18.8. The summed E-state index contributed by atoms with van der Waals surface area (Å²) in [6.45, 7) is 12.4. The molecule has 7 nitrogen and oxygen atoms in total. The zero-order valence-corrected chi connectivity index (χ0v) is 24.8. The van der Waals surface area contributed by atoms with Crippen molar-refractivity contribution in [2.75, 3.05) is 11.5 Å². The van der Waals surface area contributed by atoms with Crippen molar-refractivity contribution in [3.63, 3.8) is 0 Å². The molecule has 40 heavy (non-hydrogen) atoms. The van der Waals surface area contributed by atoms with Gasteiger partial charge in [0.1, 0.15) is 16.7 Å². The highest BCUT2D eigenvalue weighted by atomic mass is 16.5. The summed E-state index contributed by atoms with van der Waals surface area (Å²) in [6.07, 6.45) is 7.67. The second-order valence-electron chi connectivity index (χ2n) is 14.1. The van der Waals surface area contributed by atoms with Crippen molar-refractivity contribution in [2.45, 2.75) is 116 Å². The van der Waals surface area contributed by atoms with E-state index >= 15 is 4.79 Å². The molecule has 0 radical (unpaired) electrons. The number of ketones is 1. The largest absolute Gasteiger partial charge is 0.462 e. The molecule has 5 aliphatic rings. The Balaban J connectivity index is 1.74. The fourth-order valence-corrected chi connectivity index (χ4v) is 8.65. The Hall–Kier alpha value is -3.09. The van der Waals surface area contributed by atoms with Crippen LogP contribution in [0.1, 0.15) is 109 Å². The van der Waals surface area contributed by atoms with E-state index < -0.39 is 16.9 Å². The standard InChI is InChI=1S/C33H42N2O5/c1-7-39-28(37)25-27(34)40-23-17-30(3,4)16-22(36)24(23)33(25)21-15-19(2)14-20-26(21)35(29(33)38)32(18-31(20,5)6)12-10-8-9-11-13-32/h14-15H,7-13,16-18,34H2,1-6H3/t33-/m1/s1. The number of fused-ring (bicyclic) bond motifs is 3. The summed E-state index contributed by atoms with van der Waals surface area (Å²) < 4.78 is 11.7. The summed E-state index contributed by atoms with van der Waals surface area (Å²) in [5.41, 5.74) is 7.77. The monoisotopic (exact) mass is 546 g/mol. The number of esters is 1. The van der Waals surface area contributed by atoms with Crippen molar-refractivity contribution in [2.24, 2.45) is 11.1 Å². The summed E-state index contributed by atoms with van der Waals surface area (Å²) >= 11 is 0. The second kappa shape index (κ2) is 8.70. The molecule has 0 unspecified atom stereocenters. The molecule has 7 heteroatoms. The van der Waals surface area contributed by atoms with Crippen LogP contribution < -0.4 is 10.6 Å². The molecule has 2 aliphatic carbocycles. The average molecular weight is 547 g/mol. The number of hydrogen-bond acceptors (Lipinski definition) is 6. The number of allylic oxidation sites excluding steroid dienone is 1. The van der Waals surface area contributed by atoms with Crippen molar-refractivity contribution >= 4 is 23.3 Å². The number of ether oxygens (including phenoxy) is 2. The molecule has 0 aromatic heterocycles. The maximum Gasteiger partial charge on any atom is 0.341 e. The van der Waals surface area contributed by atoms with Crippen LogP contribution in [0.25, 0.3) is 0 Å². The Morgan fingerprint density at radius 2 is 1.68 bits per heavy atom. The van der Waals surface area contributed by atoms with Crippen molar-refractivity contribution in [1.29, 1.82) is 0 Å². The van der Waals surface area contributed by atoms with Crippen LogP contribution in [0, 0.1) is 12.3 Å². The van der Waals surface area contributed by atoms with E-state index in [1.807, 2.05) is 31.7 Å². The van der Waals surface area contributed by atoms with Gasteiger partial charge in [-0.05, 0) is 49.5 Å². The lowest BCUT2D eigenvalue weighted by Gasteiger charge is -2.52. The van der Waals surface area contributed by atoms with Gasteiger partial charge in [-0.1, -0.05) is 71.1 Å². The minimum Gasteiger partial charge on any atom is -0.462 e. The lowest BCUT2D eigenvalue weighted by Crippen LogP contribution is -2.60. The molecular formula is C33H42N2O5. The van der Waals surface area contributed by atoms with Gasteiger partial charge in [0.25, 0.3) is 0 Å². The van der Waals surface area contributed by atoms with Gasteiger partial charge in [-0.2, -0.15) is 0 Å². The van der Waals surface area contributed by atoms with Gasteiger partial charge in [0, 0.05) is 23.9 Å². The number of aryl methyl sites for hydroxylation is 1. The van der Waals surface area contributed by atoms with Crippen LogP contribution in [0.15, 0.2) is 34.9 Å². The van der Waals surface area contributed by atoms with Crippen LogP contribution in [-0.2, 0) is 34.7 Å². The maximum absolute atomic E-state index is 15.5. The normalized spacial score (nSPS) is 27.9. The number of Topliss-reactive ketones (excluding diaryl/α,β-unsaturated/α-hetero) is 1. The van der Waals surface area contributed by atoms with Crippen LogP contribution in [0.4, 0.5) is 5.69 Å². The number of carbonyl (C=O) groups excluding carboxylic acids is 3. The van der Waals surface area contributed by atoms with Gasteiger partial charge in [0.05, 0.1) is 17.9 Å². The maximum atomic E-state index is 15.5. The number of anilines is 1. The molecule has 1 amide bonds. The summed E-state index contributed by atoms with van der Waals surface area (Å²) in [5, 5.41) is 0. The number of rotatable bonds is 2. The van der Waals surface area contributed by atoms with Gasteiger partial charge in [-0.25, -0.2) is 4.79 Å². The molecule has 1 atom stereocenters. The first kappa shape index (κ1) is 27.1. The Bertz CT molecular complexity index is 1410. The number of nitrogens with zero attached hydrogens (tertiary/aromatic N) is 1. The van der Waals surface area contributed by atoms with Gasteiger partial charge in [0.15, 0.2) is 5.78 Å². The van der Waals surface area contributed by atoms with Crippen molar-refractivity contribution < 1.29 is 23.9 Å². The highest BCUT2D eigenvalue weighted by Gasteiger charge is 2.69. The van der Waals surface area contributed by atoms with Gasteiger partial charge >= 0.3 is 5.97 Å². The smallest absolute Gasteiger partial charge is 0.341 e. The summed E-state index contributed by atoms with van der Waals surface area (Å²) in [7, 11) is 0. The van der Waals surface area contributed by atoms with Crippen LogP contribution in [0.5, 0.6) is 0 Å². The number of benzene rings is 1. The Morgan fingerprint density at radius 3 is 2.33 bits per heavy atom. The van der Waals surface area contributed by atoms with Crippen LogP contribution in [0.3, 0.4) is 0 Å². The zero-order chi connectivity index (χ0) is 28.8. The average Bonchev–Trinajstić information content (AvgIpc) is 2.96. The third-order valence-corrected chi connectivity index (χ3v) is 9.96. The third kappa shape index (κ3) is 3.51. The van der Waals surface area contributed by atoms with Gasteiger partial charge in [0.2, 0.25) is 11.8 Å². The predicted octanol–water partition coefficient (Wildman–Crippen LogP) is 5.76. The lowest BCUT2D eigenvalue weighted by molar-refractivity contribution is -0.141. The molecule has 3 heterocycles. The number of carbonyl (C=O) groups is 3. The van der Waals surface area contributed by atoms with E-state index in [9.17, 15) is 9.59 Å². The number of hydrogen-bond donors (Lipinski definition) is 1. The quantitative estimate of drug-likeness (QED) is 0.474. The minimum atomic E-state index is -1.69. The van der Waals surface area contributed by atoms with E-state index in [1.54, 1.807) is 6.92 Å². The molecule has 0 bridgehead atoms. The van der Waals surface area contributed by atoms with Crippen molar-refractivity contribution in [3.05, 3.63) is 51.6 Å². The predicted molar refractivity (Wildman–Crippen MR) is 152 cm³/mol. The molecule has 1 saturated carbocycles. The van der Waals surface area contributed by atoms with E-state index in [4.69, 9.17) is 15.2 Å². The molecule has 1 fully saturated rings. The summed E-state index contributed by atoms with van der Waals surface area (Å²) in [6, 6.07) is 4.18. The summed E-state index contributed by atoms with van der Waals surface area (Å²) in [4.78, 5) is 45.5. The highest BCUT2D eigenvalue weighted by molar-refractivity contribution is 6.24. The van der Waals surface area contributed by atoms with Crippen LogP contribution in [-0.4, -0.2) is 29.8 Å². The molecule has 2 spiro atoms. The highest BCUT2D eigenvalue weighted by Crippen LogP contribution is 2.64. The minimum absolute atomic E-state index is 0.0464. The van der Waals surface area contributed by atoms with Gasteiger partial charge in [-0.15, -0.1) is 0 Å². The van der Waals surface area contributed by atoms with Crippen molar-refractivity contribution in [1.82, 2.24) is 0 Å². The Kier molecular flexibility index (Phi) is 5.90. The second-order valence-corrected chi connectivity index (χ2v) is 14.1. The fraction of sp³-hybridized carbons (Fsp3) is 0.606.